The number of carbonyl (C=O) groups excluding carboxylic acids is 2. The number of rotatable bonds is 5. The van der Waals surface area contributed by atoms with E-state index in [1.807, 2.05) is 0 Å². The van der Waals surface area contributed by atoms with Crippen LogP contribution in [0.2, 0.25) is 0 Å². The lowest BCUT2D eigenvalue weighted by Gasteiger charge is -2.35. The number of hydrogen-bond acceptors (Lipinski definition) is 5. The molecule has 2 N–H and O–H groups in total. The Balaban J connectivity index is 1.59. The summed E-state index contributed by atoms with van der Waals surface area (Å²) in [6.45, 7) is 3.09. The predicted octanol–water partition coefficient (Wildman–Crippen LogP) is 0.691. The van der Waals surface area contributed by atoms with Crippen molar-refractivity contribution in [3.8, 4) is 5.75 Å². The van der Waals surface area contributed by atoms with E-state index in [9.17, 15) is 9.59 Å². The smallest absolute Gasteiger partial charge is 0.410 e. The van der Waals surface area contributed by atoms with Crippen LogP contribution in [-0.2, 0) is 4.74 Å². The number of cyclic esters (lactones) is 1. The van der Waals surface area contributed by atoms with Gasteiger partial charge in [-0.1, -0.05) is 0 Å². The van der Waals surface area contributed by atoms with Crippen LogP contribution in [0, 0.1) is 0 Å². The minimum Gasteiger partial charge on any atom is -0.494 e. The van der Waals surface area contributed by atoms with Gasteiger partial charge in [-0.3, -0.25) is 9.69 Å². The third kappa shape index (κ3) is 3.39. The molecule has 7 heteroatoms. The van der Waals surface area contributed by atoms with Gasteiger partial charge in [0.25, 0.3) is 5.91 Å². The summed E-state index contributed by atoms with van der Waals surface area (Å²) in [4.78, 5) is 27.5. The van der Waals surface area contributed by atoms with Crippen LogP contribution in [0.5, 0.6) is 5.75 Å². The van der Waals surface area contributed by atoms with Crippen molar-refractivity contribution in [3.05, 3.63) is 29.8 Å². The molecule has 7 nitrogen and oxygen atoms in total. The van der Waals surface area contributed by atoms with Crippen LogP contribution in [-0.4, -0.2) is 67.2 Å². The maximum atomic E-state index is 12.6. The molecule has 2 saturated heterocycles. The molecule has 124 valence electrons. The first-order chi connectivity index (χ1) is 11.2. The molecule has 0 aliphatic carbocycles. The first-order valence-corrected chi connectivity index (χ1v) is 7.84. The Kier molecular flexibility index (Phi) is 4.66. The first kappa shape index (κ1) is 15.6. The standard InChI is InChI=1S/C16H21N3O4/c17-6-1-9-22-14-4-2-12(3-5-14)15(20)18-7-8-19-13(10-18)11-23-16(19)21/h2-5,13H,1,6-11,17H2/t13-/m0/s1. The third-order valence-corrected chi connectivity index (χ3v) is 4.12. The largest absolute Gasteiger partial charge is 0.494 e. The van der Waals surface area contributed by atoms with Crippen LogP contribution in [0.15, 0.2) is 24.3 Å². The number of nitrogens with zero attached hydrogens (tertiary/aromatic N) is 2. The van der Waals surface area contributed by atoms with Crippen LogP contribution in [0.3, 0.4) is 0 Å². The summed E-state index contributed by atoms with van der Waals surface area (Å²) in [6.07, 6.45) is 0.522. The molecule has 2 fully saturated rings. The van der Waals surface area contributed by atoms with E-state index < -0.39 is 0 Å². The minimum absolute atomic E-state index is 0.0286. The van der Waals surface area contributed by atoms with Crippen molar-refractivity contribution in [2.24, 2.45) is 5.73 Å². The van der Waals surface area contributed by atoms with E-state index in [4.69, 9.17) is 15.2 Å². The number of hydrogen-bond donors (Lipinski definition) is 1. The number of nitrogens with two attached hydrogens (primary N) is 1. The van der Waals surface area contributed by atoms with Gasteiger partial charge in [0.05, 0.1) is 12.6 Å². The third-order valence-electron chi connectivity index (χ3n) is 4.12. The number of fused-ring (bicyclic) bond motifs is 1. The fraction of sp³-hybridized carbons (Fsp3) is 0.500. The lowest BCUT2D eigenvalue weighted by atomic mass is 10.1. The molecule has 1 atom stereocenters. The highest BCUT2D eigenvalue weighted by molar-refractivity contribution is 5.94. The Morgan fingerprint density at radius 2 is 2.09 bits per heavy atom. The first-order valence-electron chi connectivity index (χ1n) is 7.84. The summed E-state index contributed by atoms with van der Waals surface area (Å²) in [5.41, 5.74) is 6.04. The quantitative estimate of drug-likeness (QED) is 0.807. The monoisotopic (exact) mass is 319 g/mol. The van der Waals surface area contributed by atoms with Crippen molar-refractivity contribution >= 4 is 12.0 Å². The minimum atomic E-state index is -0.277. The van der Waals surface area contributed by atoms with Gasteiger partial charge in [-0.25, -0.2) is 4.79 Å². The van der Waals surface area contributed by atoms with Gasteiger partial charge in [-0.05, 0) is 37.2 Å². The maximum Gasteiger partial charge on any atom is 0.410 e. The van der Waals surface area contributed by atoms with E-state index in [-0.39, 0.29) is 18.0 Å². The van der Waals surface area contributed by atoms with Crippen molar-refractivity contribution in [1.29, 1.82) is 0 Å². The van der Waals surface area contributed by atoms with Crippen molar-refractivity contribution in [3.63, 3.8) is 0 Å². The van der Waals surface area contributed by atoms with Crippen LogP contribution in [0.25, 0.3) is 0 Å². The summed E-state index contributed by atoms with van der Waals surface area (Å²) in [5, 5.41) is 0. The Bertz CT molecular complexity index is 575. The second-order valence-electron chi connectivity index (χ2n) is 5.69. The highest BCUT2D eigenvalue weighted by Crippen LogP contribution is 2.20. The van der Waals surface area contributed by atoms with E-state index in [0.29, 0.717) is 45.0 Å². The fourth-order valence-corrected chi connectivity index (χ4v) is 2.82. The van der Waals surface area contributed by atoms with E-state index in [0.717, 1.165) is 12.2 Å². The number of piperazine rings is 1. The molecule has 1 aromatic carbocycles. The average molecular weight is 319 g/mol. The molecule has 2 aliphatic rings. The van der Waals surface area contributed by atoms with E-state index in [1.165, 1.54) is 0 Å². The molecule has 0 saturated carbocycles. The van der Waals surface area contributed by atoms with Gasteiger partial charge in [0.15, 0.2) is 0 Å². The van der Waals surface area contributed by atoms with E-state index >= 15 is 0 Å². The summed E-state index contributed by atoms with van der Waals surface area (Å²) < 4.78 is 10.5. The molecule has 0 radical (unpaired) electrons. The van der Waals surface area contributed by atoms with Gasteiger partial charge in [0.2, 0.25) is 0 Å². The molecule has 2 heterocycles. The van der Waals surface area contributed by atoms with Gasteiger partial charge in [-0.2, -0.15) is 0 Å². The molecule has 2 amide bonds. The SMILES string of the molecule is NCCCOc1ccc(C(=O)N2CCN3C(=O)OC[C@@H]3C2)cc1. The topological polar surface area (TPSA) is 85.1 Å². The van der Waals surface area contributed by atoms with Gasteiger partial charge < -0.3 is 20.1 Å². The molecule has 0 unspecified atom stereocenters. The Morgan fingerprint density at radius 3 is 2.83 bits per heavy atom. The average Bonchev–Trinajstić information content (AvgIpc) is 2.96. The molecular weight excluding hydrogens is 298 g/mol. The molecule has 2 aliphatic heterocycles. The number of ether oxygens (including phenoxy) is 2. The number of benzene rings is 1. The molecule has 0 aromatic heterocycles. The van der Waals surface area contributed by atoms with E-state index in [2.05, 4.69) is 0 Å². The van der Waals surface area contributed by atoms with Gasteiger partial charge in [-0.15, -0.1) is 0 Å². The molecule has 3 rings (SSSR count). The van der Waals surface area contributed by atoms with Crippen LogP contribution < -0.4 is 10.5 Å². The van der Waals surface area contributed by atoms with Crippen molar-refractivity contribution in [2.45, 2.75) is 12.5 Å². The van der Waals surface area contributed by atoms with Crippen molar-refractivity contribution in [1.82, 2.24) is 9.80 Å². The second-order valence-corrected chi connectivity index (χ2v) is 5.69. The molecule has 0 spiro atoms. The number of carbonyl (C=O) groups is 2. The van der Waals surface area contributed by atoms with E-state index in [1.54, 1.807) is 34.1 Å². The highest BCUT2D eigenvalue weighted by atomic mass is 16.6. The van der Waals surface area contributed by atoms with Gasteiger partial charge in [0, 0.05) is 25.2 Å². The van der Waals surface area contributed by atoms with Crippen LogP contribution in [0.4, 0.5) is 4.79 Å². The summed E-state index contributed by atoms with van der Waals surface area (Å²) in [5.74, 6) is 0.701. The molecule has 1 aromatic rings. The van der Waals surface area contributed by atoms with Gasteiger partial charge >= 0.3 is 6.09 Å². The summed E-state index contributed by atoms with van der Waals surface area (Å²) >= 11 is 0. The molecule has 23 heavy (non-hydrogen) atoms. The van der Waals surface area contributed by atoms with Crippen LogP contribution >= 0.6 is 0 Å². The second kappa shape index (κ2) is 6.87. The Labute approximate surface area is 134 Å². The molecular formula is C16H21N3O4. The highest BCUT2D eigenvalue weighted by Gasteiger charge is 2.38. The lowest BCUT2D eigenvalue weighted by Crippen LogP contribution is -2.53. The predicted molar refractivity (Wildman–Crippen MR) is 83.4 cm³/mol. The van der Waals surface area contributed by atoms with Crippen LogP contribution in [0.1, 0.15) is 16.8 Å². The van der Waals surface area contributed by atoms with Crippen molar-refractivity contribution in [2.75, 3.05) is 39.4 Å². The molecule has 0 bridgehead atoms. The zero-order valence-corrected chi connectivity index (χ0v) is 12.9. The maximum absolute atomic E-state index is 12.6. The zero-order valence-electron chi connectivity index (χ0n) is 12.9. The number of amides is 2. The summed E-state index contributed by atoms with van der Waals surface area (Å²) in [7, 11) is 0. The van der Waals surface area contributed by atoms with Gasteiger partial charge in [0.1, 0.15) is 12.4 Å². The Morgan fingerprint density at radius 1 is 1.30 bits per heavy atom. The Hall–Kier alpha value is -2.28. The normalized spacial score (nSPS) is 20.2. The summed E-state index contributed by atoms with van der Waals surface area (Å²) in [6, 6.07) is 7.09. The van der Waals surface area contributed by atoms with Crippen molar-refractivity contribution < 1.29 is 19.1 Å². The zero-order chi connectivity index (χ0) is 16.2. The lowest BCUT2D eigenvalue weighted by molar-refractivity contribution is 0.0617. The fourth-order valence-electron chi connectivity index (χ4n) is 2.82.